The number of amides is 2. The van der Waals surface area contributed by atoms with Gasteiger partial charge >= 0.3 is 12.0 Å². The highest BCUT2D eigenvalue weighted by atomic mass is 16.4. The van der Waals surface area contributed by atoms with E-state index in [1.165, 1.54) is 0 Å². The minimum Gasteiger partial charge on any atom is -0.480 e. The van der Waals surface area contributed by atoms with Crippen LogP contribution in [0.4, 0.5) is 4.79 Å². The Morgan fingerprint density at radius 2 is 1.86 bits per heavy atom. The number of nitrogens with zero attached hydrogens (tertiary/aromatic N) is 1. The summed E-state index contributed by atoms with van der Waals surface area (Å²) in [6, 6.07) is -1.14. The summed E-state index contributed by atoms with van der Waals surface area (Å²) in [5.41, 5.74) is -0.520. The number of likely N-dealkylation sites (tertiary alicyclic amines) is 1. The smallest absolute Gasteiger partial charge is 0.326 e. The number of carboxylic acid groups (broad SMARTS) is 1. The molecule has 122 valence electrons. The molecule has 6 heteroatoms. The summed E-state index contributed by atoms with van der Waals surface area (Å²) >= 11 is 0. The van der Waals surface area contributed by atoms with Gasteiger partial charge in [0, 0.05) is 19.1 Å². The fourth-order valence-corrected chi connectivity index (χ4v) is 2.62. The van der Waals surface area contributed by atoms with Crippen LogP contribution in [0, 0.1) is 5.41 Å². The topological polar surface area (TPSA) is 81.7 Å². The van der Waals surface area contributed by atoms with E-state index in [9.17, 15) is 14.7 Å². The minimum atomic E-state index is -1.00. The summed E-state index contributed by atoms with van der Waals surface area (Å²) in [5.74, 6) is -1.00. The van der Waals surface area contributed by atoms with Gasteiger partial charge in [-0.2, -0.15) is 0 Å². The van der Waals surface area contributed by atoms with Crippen LogP contribution in [0.2, 0.25) is 0 Å². The van der Waals surface area contributed by atoms with Gasteiger partial charge in [-0.25, -0.2) is 9.59 Å². The lowest BCUT2D eigenvalue weighted by Gasteiger charge is -2.33. The highest BCUT2D eigenvalue weighted by Gasteiger charge is 2.33. The number of carboxylic acids is 1. The summed E-state index contributed by atoms with van der Waals surface area (Å²) in [6.45, 7) is 10.6. The Balaban J connectivity index is 2.42. The van der Waals surface area contributed by atoms with E-state index in [4.69, 9.17) is 0 Å². The Morgan fingerprint density at radius 3 is 2.29 bits per heavy atom. The Kier molecular flexibility index (Phi) is 6.45. The molecule has 0 radical (unpaired) electrons. The van der Waals surface area contributed by atoms with Crippen LogP contribution in [-0.4, -0.2) is 53.7 Å². The van der Waals surface area contributed by atoms with Crippen molar-refractivity contribution in [3.8, 4) is 0 Å². The molecule has 1 atom stereocenters. The van der Waals surface area contributed by atoms with Gasteiger partial charge in [0.1, 0.15) is 6.04 Å². The molecule has 0 unspecified atom stereocenters. The zero-order valence-electron chi connectivity index (χ0n) is 13.6. The average Bonchev–Trinajstić information content (AvgIpc) is 2.37. The van der Waals surface area contributed by atoms with Crippen molar-refractivity contribution in [2.24, 2.45) is 5.41 Å². The third-order valence-corrected chi connectivity index (χ3v) is 3.85. The molecule has 6 nitrogen and oxygen atoms in total. The molecule has 0 aliphatic carbocycles. The molecule has 1 aliphatic rings. The molecular formula is C15H29N3O3. The fraction of sp³-hybridized carbons (Fsp3) is 0.867. The lowest BCUT2D eigenvalue weighted by Crippen LogP contribution is -2.55. The molecule has 2 amide bonds. The molecule has 0 saturated carbocycles. The largest absolute Gasteiger partial charge is 0.480 e. The van der Waals surface area contributed by atoms with Gasteiger partial charge in [0.15, 0.2) is 0 Å². The summed E-state index contributed by atoms with van der Waals surface area (Å²) in [4.78, 5) is 25.6. The number of urea groups is 1. The molecule has 1 saturated heterocycles. The van der Waals surface area contributed by atoms with Crippen LogP contribution in [0.3, 0.4) is 0 Å². The van der Waals surface area contributed by atoms with E-state index in [1.54, 1.807) is 20.8 Å². The average molecular weight is 299 g/mol. The zero-order chi connectivity index (χ0) is 16.0. The van der Waals surface area contributed by atoms with Crippen LogP contribution >= 0.6 is 0 Å². The SMILES string of the molecule is CCCN1CCC(NC(=O)N[C@@H](C(=O)O)C(C)(C)C)CC1. The van der Waals surface area contributed by atoms with Crippen LogP contribution in [0.5, 0.6) is 0 Å². The maximum atomic E-state index is 12.0. The first-order valence-electron chi connectivity index (χ1n) is 7.76. The quantitative estimate of drug-likeness (QED) is 0.721. The van der Waals surface area contributed by atoms with E-state index in [2.05, 4.69) is 22.5 Å². The molecule has 0 aromatic carbocycles. The predicted octanol–water partition coefficient (Wildman–Crippen LogP) is 1.66. The summed E-state index contributed by atoms with van der Waals surface area (Å²) < 4.78 is 0. The first-order valence-corrected chi connectivity index (χ1v) is 7.76. The molecule has 3 N–H and O–H groups in total. The maximum absolute atomic E-state index is 12.0. The number of aliphatic carboxylic acids is 1. The normalized spacial score (nSPS) is 19.0. The predicted molar refractivity (Wildman–Crippen MR) is 82.3 cm³/mol. The maximum Gasteiger partial charge on any atom is 0.326 e. The number of rotatable bonds is 5. The van der Waals surface area contributed by atoms with Crippen molar-refractivity contribution in [1.82, 2.24) is 15.5 Å². The molecule has 0 aromatic heterocycles. The first kappa shape index (κ1) is 17.8. The first-order chi connectivity index (χ1) is 9.74. The Morgan fingerprint density at radius 1 is 1.29 bits per heavy atom. The number of piperidine rings is 1. The molecule has 1 rings (SSSR count). The molecule has 21 heavy (non-hydrogen) atoms. The van der Waals surface area contributed by atoms with Crippen LogP contribution in [0.1, 0.15) is 47.0 Å². The van der Waals surface area contributed by atoms with Gasteiger partial charge < -0.3 is 20.6 Å². The van der Waals surface area contributed by atoms with Crippen molar-refractivity contribution in [2.75, 3.05) is 19.6 Å². The van der Waals surface area contributed by atoms with Gasteiger partial charge in [0.05, 0.1) is 0 Å². The van der Waals surface area contributed by atoms with Crippen molar-refractivity contribution in [3.63, 3.8) is 0 Å². The fourth-order valence-electron chi connectivity index (χ4n) is 2.62. The Bertz CT molecular complexity index is 358. The van der Waals surface area contributed by atoms with E-state index in [-0.39, 0.29) is 12.1 Å². The van der Waals surface area contributed by atoms with Crippen molar-refractivity contribution >= 4 is 12.0 Å². The lowest BCUT2D eigenvalue weighted by molar-refractivity contribution is -0.141. The second-order valence-electron chi connectivity index (χ2n) is 6.87. The number of carbonyl (C=O) groups is 2. The molecule has 0 bridgehead atoms. The van der Waals surface area contributed by atoms with Crippen LogP contribution < -0.4 is 10.6 Å². The van der Waals surface area contributed by atoms with Gasteiger partial charge in [0.25, 0.3) is 0 Å². The Hall–Kier alpha value is -1.30. The summed E-state index contributed by atoms with van der Waals surface area (Å²) in [7, 11) is 0. The standard InChI is InChI=1S/C15H29N3O3/c1-5-8-18-9-6-11(7-10-18)16-14(21)17-12(13(19)20)15(2,3)4/h11-12H,5-10H2,1-4H3,(H,19,20)(H2,16,17,21)/t12-/m0/s1. The number of nitrogens with one attached hydrogen (secondary N) is 2. The van der Waals surface area contributed by atoms with E-state index in [0.29, 0.717) is 0 Å². The van der Waals surface area contributed by atoms with Gasteiger partial charge in [-0.1, -0.05) is 27.7 Å². The number of hydrogen-bond acceptors (Lipinski definition) is 3. The Labute approximate surface area is 127 Å². The van der Waals surface area contributed by atoms with Crippen LogP contribution in [0.15, 0.2) is 0 Å². The van der Waals surface area contributed by atoms with Crippen molar-refractivity contribution in [2.45, 2.75) is 59.0 Å². The molecule has 1 heterocycles. The second kappa shape index (κ2) is 7.64. The molecule has 0 spiro atoms. The molecule has 1 aliphatic heterocycles. The van der Waals surface area contributed by atoms with E-state index in [1.807, 2.05) is 0 Å². The monoisotopic (exact) mass is 299 g/mol. The second-order valence-corrected chi connectivity index (χ2v) is 6.87. The lowest BCUT2D eigenvalue weighted by atomic mass is 9.87. The summed E-state index contributed by atoms with van der Waals surface area (Å²) in [5, 5.41) is 14.7. The van der Waals surface area contributed by atoms with Crippen molar-refractivity contribution in [1.29, 1.82) is 0 Å². The summed E-state index contributed by atoms with van der Waals surface area (Å²) in [6.07, 6.45) is 2.98. The van der Waals surface area contributed by atoms with Crippen LogP contribution in [0.25, 0.3) is 0 Å². The van der Waals surface area contributed by atoms with E-state index >= 15 is 0 Å². The molecule has 1 fully saturated rings. The van der Waals surface area contributed by atoms with Gasteiger partial charge in [-0.15, -0.1) is 0 Å². The minimum absolute atomic E-state index is 0.132. The van der Waals surface area contributed by atoms with Crippen LogP contribution in [-0.2, 0) is 4.79 Å². The van der Waals surface area contributed by atoms with Gasteiger partial charge in [0.2, 0.25) is 0 Å². The third kappa shape index (κ3) is 5.91. The number of hydrogen-bond donors (Lipinski definition) is 3. The zero-order valence-corrected chi connectivity index (χ0v) is 13.6. The number of carbonyl (C=O) groups excluding carboxylic acids is 1. The third-order valence-electron chi connectivity index (χ3n) is 3.85. The van der Waals surface area contributed by atoms with E-state index < -0.39 is 17.4 Å². The van der Waals surface area contributed by atoms with Gasteiger partial charge in [-0.3, -0.25) is 0 Å². The van der Waals surface area contributed by atoms with E-state index in [0.717, 1.165) is 38.9 Å². The molecule has 0 aromatic rings. The van der Waals surface area contributed by atoms with Crippen molar-refractivity contribution < 1.29 is 14.7 Å². The highest BCUT2D eigenvalue weighted by molar-refractivity contribution is 5.83. The van der Waals surface area contributed by atoms with Crippen molar-refractivity contribution in [3.05, 3.63) is 0 Å². The molecular weight excluding hydrogens is 270 g/mol. The van der Waals surface area contributed by atoms with Gasteiger partial charge in [-0.05, 0) is 31.2 Å². The highest BCUT2D eigenvalue weighted by Crippen LogP contribution is 2.19.